The van der Waals surface area contributed by atoms with Gasteiger partial charge in [-0.1, -0.05) is 32.9 Å². The van der Waals surface area contributed by atoms with Crippen molar-refractivity contribution in [1.82, 2.24) is 0 Å². The molecule has 0 aromatic heterocycles. The Morgan fingerprint density at radius 2 is 1.59 bits per heavy atom. The fraction of sp³-hybridized carbons (Fsp3) is 0.333. The molecule has 0 saturated heterocycles. The Kier molecular flexibility index (Phi) is 8.96. The van der Waals surface area contributed by atoms with E-state index in [0.717, 1.165) is 24.2 Å². The maximum absolute atomic E-state index is 12.2. The minimum absolute atomic E-state index is 0.368. The van der Waals surface area contributed by atoms with Crippen molar-refractivity contribution in [2.45, 2.75) is 33.6 Å². The number of rotatable bonds is 10. The number of carbonyl (C=O) groups excluding carboxylic acids is 2. The molecule has 0 amide bonds. The Morgan fingerprint density at radius 1 is 0.931 bits per heavy atom. The third-order valence-electron chi connectivity index (χ3n) is 4.00. The summed E-state index contributed by atoms with van der Waals surface area (Å²) in [5, 5.41) is 0. The monoisotopic (exact) mass is 396 g/mol. The summed E-state index contributed by atoms with van der Waals surface area (Å²) < 4.78 is 16.0. The van der Waals surface area contributed by atoms with Crippen LogP contribution in [0.15, 0.2) is 54.6 Å². The highest BCUT2D eigenvalue weighted by Gasteiger charge is 2.09. The second-order valence-corrected chi connectivity index (χ2v) is 7.01. The largest absolute Gasteiger partial charge is 0.494 e. The van der Waals surface area contributed by atoms with Gasteiger partial charge in [-0.25, -0.2) is 9.59 Å². The lowest BCUT2D eigenvalue weighted by Gasteiger charge is -2.07. The number of hydrogen-bond acceptors (Lipinski definition) is 5. The molecular formula is C24H28O5. The van der Waals surface area contributed by atoms with Crippen LogP contribution in [-0.4, -0.2) is 25.2 Å². The van der Waals surface area contributed by atoms with Crippen LogP contribution in [0.5, 0.6) is 11.5 Å². The fourth-order valence-corrected chi connectivity index (χ4v) is 2.33. The van der Waals surface area contributed by atoms with Gasteiger partial charge in [0, 0.05) is 6.08 Å². The highest BCUT2D eigenvalue weighted by molar-refractivity contribution is 5.91. The van der Waals surface area contributed by atoms with Crippen LogP contribution >= 0.6 is 0 Å². The minimum Gasteiger partial charge on any atom is -0.494 e. The summed E-state index contributed by atoms with van der Waals surface area (Å²) in [5.41, 5.74) is 1.25. The predicted molar refractivity (Wildman–Crippen MR) is 113 cm³/mol. The van der Waals surface area contributed by atoms with Gasteiger partial charge in [-0.3, -0.25) is 0 Å². The third kappa shape index (κ3) is 8.21. The van der Waals surface area contributed by atoms with Gasteiger partial charge in [0.2, 0.25) is 0 Å². The molecule has 2 aromatic carbocycles. The van der Waals surface area contributed by atoms with Crippen molar-refractivity contribution < 1.29 is 23.8 Å². The fourth-order valence-electron chi connectivity index (χ4n) is 2.33. The van der Waals surface area contributed by atoms with Crippen LogP contribution in [0.1, 0.15) is 49.5 Å². The molecule has 2 aromatic rings. The molecule has 0 bridgehead atoms. The van der Waals surface area contributed by atoms with Gasteiger partial charge in [-0.2, -0.15) is 0 Å². The molecule has 0 unspecified atom stereocenters. The van der Waals surface area contributed by atoms with E-state index in [1.807, 2.05) is 6.92 Å². The zero-order chi connectivity index (χ0) is 21.1. The molecule has 0 fully saturated rings. The second-order valence-electron chi connectivity index (χ2n) is 7.01. The molecule has 0 aliphatic heterocycles. The first kappa shape index (κ1) is 22.2. The van der Waals surface area contributed by atoms with Crippen LogP contribution in [0.4, 0.5) is 0 Å². The SMILES string of the molecule is CCCOc1ccc(C(=O)Oc2ccc(/C=C/C(=O)OCCC(C)C)cc2)cc1. The summed E-state index contributed by atoms with van der Waals surface area (Å²) in [6, 6.07) is 13.7. The highest BCUT2D eigenvalue weighted by Crippen LogP contribution is 2.17. The van der Waals surface area contributed by atoms with Gasteiger partial charge < -0.3 is 14.2 Å². The molecule has 0 radical (unpaired) electrons. The number of hydrogen-bond donors (Lipinski definition) is 0. The molecule has 0 spiro atoms. The average molecular weight is 396 g/mol. The summed E-state index contributed by atoms with van der Waals surface area (Å²) in [5.74, 6) is 0.839. The van der Waals surface area contributed by atoms with E-state index in [1.165, 1.54) is 6.08 Å². The van der Waals surface area contributed by atoms with Gasteiger partial charge in [0.15, 0.2) is 0 Å². The smallest absolute Gasteiger partial charge is 0.343 e. The van der Waals surface area contributed by atoms with Crippen LogP contribution in [0.3, 0.4) is 0 Å². The van der Waals surface area contributed by atoms with E-state index in [4.69, 9.17) is 14.2 Å². The van der Waals surface area contributed by atoms with Crippen molar-refractivity contribution >= 4 is 18.0 Å². The van der Waals surface area contributed by atoms with E-state index in [9.17, 15) is 9.59 Å². The summed E-state index contributed by atoms with van der Waals surface area (Å²) in [6.45, 7) is 7.25. The molecule has 2 rings (SSSR count). The average Bonchev–Trinajstić information content (AvgIpc) is 2.72. The first-order valence-corrected chi connectivity index (χ1v) is 9.88. The quantitative estimate of drug-likeness (QED) is 0.310. The van der Waals surface area contributed by atoms with E-state index >= 15 is 0 Å². The predicted octanol–water partition coefficient (Wildman–Crippen LogP) is 5.30. The van der Waals surface area contributed by atoms with Gasteiger partial charge in [0.05, 0.1) is 18.8 Å². The molecule has 29 heavy (non-hydrogen) atoms. The Balaban J connectivity index is 1.85. The number of esters is 2. The van der Waals surface area contributed by atoms with E-state index in [2.05, 4.69) is 13.8 Å². The van der Waals surface area contributed by atoms with E-state index in [1.54, 1.807) is 54.6 Å². The van der Waals surface area contributed by atoms with Crippen molar-refractivity contribution in [3.63, 3.8) is 0 Å². The molecule has 0 atom stereocenters. The molecule has 5 nitrogen and oxygen atoms in total. The van der Waals surface area contributed by atoms with Gasteiger partial charge in [-0.05, 0) is 66.8 Å². The van der Waals surface area contributed by atoms with Crippen molar-refractivity contribution in [2.75, 3.05) is 13.2 Å². The van der Waals surface area contributed by atoms with E-state index in [-0.39, 0.29) is 5.97 Å². The molecule has 0 heterocycles. The number of benzene rings is 2. The van der Waals surface area contributed by atoms with Crippen LogP contribution in [0, 0.1) is 5.92 Å². The van der Waals surface area contributed by atoms with Crippen molar-refractivity contribution in [3.8, 4) is 11.5 Å². The van der Waals surface area contributed by atoms with Gasteiger partial charge in [-0.15, -0.1) is 0 Å². The van der Waals surface area contributed by atoms with Crippen molar-refractivity contribution in [2.24, 2.45) is 5.92 Å². The molecule has 5 heteroatoms. The Morgan fingerprint density at radius 3 is 2.21 bits per heavy atom. The minimum atomic E-state index is -0.441. The summed E-state index contributed by atoms with van der Waals surface area (Å²) in [4.78, 5) is 23.9. The van der Waals surface area contributed by atoms with Crippen LogP contribution in [0.2, 0.25) is 0 Å². The number of ether oxygens (including phenoxy) is 3. The molecule has 154 valence electrons. The second kappa shape index (κ2) is 11.7. The van der Waals surface area contributed by atoms with E-state index < -0.39 is 5.97 Å². The molecule has 0 aliphatic rings. The number of carbonyl (C=O) groups is 2. The maximum Gasteiger partial charge on any atom is 0.343 e. The summed E-state index contributed by atoms with van der Waals surface area (Å²) in [6.07, 6.45) is 4.82. The third-order valence-corrected chi connectivity index (χ3v) is 4.00. The first-order chi connectivity index (χ1) is 14.0. The van der Waals surface area contributed by atoms with E-state index in [0.29, 0.717) is 30.4 Å². The zero-order valence-corrected chi connectivity index (χ0v) is 17.2. The molecule has 0 saturated carbocycles. The molecule has 0 aliphatic carbocycles. The Labute approximate surface area is 172 Å². The lowest BCUT2D eigenvalue weighted by Crippen LogP contribution is -2.08. The van der Waals surface area contributed by atoms with Gasteiger partial charge in [0.25, 0.3) is 0 Å². The van der Waals surface area contributed by atoms with Gasteiger partial charge in [0.1, 0.15) is 11.5 Å². The molecule has 0 N–H and O–H groups in total. The Bertz CT molecular complexity index is 804. The normalized spacial score (nSPS) is 10.9. The van der Waals surface area contributed by atoms with Crippen LogP contribution in [-0.2, 0) is 9.53 Å². The maximum atomic E-state index is 12.2. The van der Waals surface area contributed by atoms with Crippen LogP contribution < -0.4 is 9.47 Å². The summed E-state index contributed by atoms with van der Waals surface area (Å²) >= 11 is 0. The standard InChI is InChI=1S/C24H28O5/c1-4-16-27-21-12-8-20(9-13-21)24(26)29-22-10-5-19(6-11-22)7-14-23(25)28-17-15-18(2)3/h5-14,18H,4,15-17H2,1-3H3/b14-7+. The molecular weight excluding hydrogens is 368 g/mol. The lowest BCUT2D eigenvalue weighted by atomic mass is 10.1. The van der Waals surface area contributed by atoms with Crippen molar-refractivity contribution in [3.05, 3.63) is 65.7 Å². The van der Waals surface area contributed by atoms with Crippen LogP contribution in [0.25, 0.3) is 6.08 Å². The summed E-state index contributed by atoms with van der Waals surface area (Å²) in [7, 11) is 0. The highest BCUT2D eigenvalue weighted by atomic mass is 16.5. The topological polar surface area (TPSA) is 61.8 Å². The zero-order valence-electron chi connectivity index (χ0n) is 17.2. The lowest BCUT2D eigenvalue weighted by molar-refractivity contribution is -0.137. The van der Waals surface area contributed by atoms with Gasteiger partial charge >= 0.3 is 11.9 Å². The first-order valence-electron chi connectivity index (χ1n) is 9.88. The van der Waals surface area contributed by atoms with Crippen molar-refractivity contribution in [1.29, 1.82) is 0 Å². The Hall–Kier alpha value is -3.08.